The van der Waals surface area contributed by atoms with Gasteiger partial charge in [-0.15, -0.1) is 10.2 Å². The lowest BCUT2D eigenvalue weighted by molar-refractivity contribution is 0.227. The van der Waals surface area contributed by atoms with Crippen LogP contribution in [0.2, 0.25) is 0 Å². The summed E-state index contributed by atoms with van der Waals surface area (Å²) in [5, 5.41) is 12.3. The molecule has 0 radical (unpaired) electrons. The maximum Gasteiger partial charge on any atom is 0.268 e. The molecule has 4 rings (SSSR count). The molecule has 0 aromatic carbocycles. The average Bonchev–Trinajstić information content (AvgIpc) is 3.14. The van der Waals surface area contributed by atoms with Crippen molar-refractivity contribution in [3.05, 3.63) is 53.0 Å². The molecule has 9 heteroatoms. The monoisotopic (exact) mass is 353 g/mol. The van der Waals surface area contributed by atoms with E-state index in [0.29, 0.717) is 18.3 Å². The summed E-state index contributed by atoms with van der Waals surface area (Å²) in [5.74, 6) is 1.07. The molecule has 0 saturated carbocycles. The standard InChI is InChI=1S/C17H19N7O2/c1-22-16(25)9-14(11-19-22)24-7-5-23(6-8-24)12-15-20-21-17(26-15)13-3-2-4-18-10-13/h2-4,9-11H,5-8,12H2,1H3. The van der Waals surface area contributed by atoms with Gasteiger partial charge in [-0.3, -0.25) is 14.7 Å². The predicted octanol–water partition coefficient (Wildman–Crippen LogP) is 0.547. The van der Waals surface area contributed by atoms with Gasteiger partial charge in [0.15, 0.2) is 0 Å². The van der Waals surface area contributed by atoms with Crippen LogP contribution in [0.3, 0.4) is 0 Å². The van der Waals surface area contributed by atoms with Gasteiger partial charge in [0, 0.05) is 51.7 Å². The Balaban J connectivity index is 1.36. The lowest BCUT2D eigenvalue weighted by Crippen LogP contribution is -2.46. The van der Waals surface area contributed by atoms with Crippen LogP contribution < -0.4 is 10.5 Å². The molecule has 0 atom stereocenters. The maximum atomic E-state index is 11.7. The molecule has 26 heavy (non-hydrogen) atoms. The summed E-state index contributed by atoms with van der Waals surface area (Å²) in [6.07, 6.45) is 5.14. The van der Waals surface area contributed by atoms with E-state index in [1.54, 1.807) is 31.7 Å². The zero-order chi connectivity index (χ0) is 17.9. The second-order valence-electron chi connectivity index (χ2n) is 6.18. The zero-order valence-corrected chi connectivity index (χ0v) is 14.4. The summed E-state index contributed by atoms with van der Waals surface area (Å²) in [5.41, 5.74) is 1.58. The quantitative estimate of drug-likeness (QED) is 0.671. The van der Waals surface area contributed by atoms with E-state index in [9.17, 15) is 4.79 Å². The summed E-state index contributed by atoms with van der Waals surface area (Å²) in [6.45, 7) is 3.94. The van der Waals surface area contributed by atoms with Crippen molar-refractivity contribution >= 4 is 5.69 Å². The largest absolute Gasteiger partial charge is 0.419 e. The van der Waals surface area contributed by atoms with Gasteiger partial charge in [0.2, 0.25) is 11.8 Å². The van der Waals surface area contributed by atoms with Crippen molar-refractivity contribution in [1.29, 1.82) is 0 Å². The highest BCUT2D eigenvalue weighted by molar-refractivity contribution is 5.49. The number of aromatic nitrogens is 5. The second-order valence-corrected chi connectivity index (χ2v) is 6.18. The second kappa shape index (κ2) is 7.04. The SMILES string of the molecule is Cn1ncc(N2CCN(Cc3nnc(-c4cccnc4)o3)CC2)cc1=O. The van der Waals surface area contributed by atoms with Crippen molar-refractivity contribution < 1.29 is 4.42 Å². The normalized spacial score (nSPS) is 15.3. The minimum atomic E-state index is -0.0984. The number of anilines is 1. The zero-order valence-electron chi connectivity index (χ0n) is 14.4. The van der Waals surface area contributed by atoms with Gasteiger partial charge in [-0.1, -0.05) is 0 Å². The number of piperazine rings is 1. The van der Waals surface area contributed by atoms with Crippen LogP contribution in [0.5, 0.6) is 0 Å². The number of hydrogen-bond donors (Lipinski definition) is 0. The third kappa shape index (κ3) is 3.47. The van der Waals surface area contributed by atoms with Gasteiger partial charge in [-0.25, -0.2) is 4.68 Å². The van der Waals surface area contributed by atoms with Gasteiger partial charge in [-0.2, -0.15) is 5.10 Å². The van der Waals surface area contributed by atoms with Crippen LogP contribution in [-0.2, 0) is 13.6 Å². The van der Waals surface area contributed by atoms with E-state index in [2.05, 4.69) is 30.1 Å². The van der Waals surface area contributed by atoms with E-state index >= 15 is 0 Å². The fourth-order valence-corrected chi connectivity index (χ4v) is 2.91. The van der Waals surface area contributed by atoms with Crippen LogP contribution in [0.1, 0.15) is 5.89 Å². The Morgan fingerprint density at radius 1 is 1.15 bits per heavy atom. The van der Waals surface area contributed by atoms with E-state index < -0.39 is 0 Å². The molecule has 0 amide bonds. The minimum absolute atomic E-state index is 0.0984. The lowest BCUT2D eigenvalue weighted by atomic mass is 10.3. The summed E-state index contributed by atoms with van der Waals surface area (Å²) >= 11 is 0. The first kappa shape index (κ1) is 16.4. The van der Waals surface area contributed by atoms with Gasteiger partial charge in [0.25, 0.3) is 5.56 Å². The number of nitrogens with zero attached hydrogens (tertiary/aromatic N) is 7. The Morgan fingerprint density at radius 2 is 2.00 bits per heavy atom. The van der Waals surface area contributed by atoms with Crippen molar-refractivity contribution in [2.45, 2.75) is 6.54 Å². The molecule has 0 bridgehead atoms. The minimum Gasteiger partial charge on any atom is -0.419 e. The molecule has 4 heterocycles. The van der Waals surface area contributed by atoms with Crippen molar-refractivity contribution in [3.63, 3.8) is 0 Å². The van der Waals surface area contributed by atoms with Gasteiger partial charge >= 0.3 is 0 Å². The van der Waals surface area contributed by atoms with E-state index in [1.165, 1.54) is 4.68 Å². The molecule has 3 aromatic rings. The van der Waals surface area contributed by atoms with Crippen molar-refractivity contribution in [2.75, 3.05) is 31.1 Å². The summed E-state index contributed by atoms with van der Waals surface area (Å²) in [6, 6.07) is 5.35. The molecule has 1 aliphatic heterocycles. The van der Waals surface area contributed by atoms with E-state index in [1.807, 2.05) is 12.1 Å². The van der Waals surface area contributed by atoms with Crippen LogP contribution in [0.25, 0.3) is 11.5 Å². The molecule has 1 fully saturated rings. The van der Waals surface area contributed by atoms with Gasteiger partial charge in [0.1, 0.15) is 0 Å². The average molecular weight is 353 g/mol. The molecule has 3 aromatic heterocycles. The third-order valence-corrected chi connectivity index (χ3v) is 4.43. The molecule has 1 aliphatic rings. The number of aryl methyl sites for hydroxylation is 1. The highest BCUT2D eigenvalue weighted by Crippen LogP contribution is 2.18. The predicted molar refractivity (Wildman–Crippen MR) is 94.5 cm³/mol. The highest BCUT2D eigenvalue weighted by Gasteiger charge is 2.20. The first-order valence-corrected chi connectivity index (χ1v) is 8.42. The summed E-state index contributed by atoms with van der Waals surface area (Å²) in [7, 11) is 1.65. The number of rotatable bonds is 4. The van der Waals surface area contributed by atoms with Crippen molar-refractivity contribution in [2.24, 2.45) is 7.05 Å². The molecule has 0 unspecified atom stereocenters. The van der Waals surface area contributed by atoms with Gasteiger partial charge in [0.05, 0.1) is 24.0 Å². The fraction of sp³-hybridized carbons (Fsp3) is 0.353. The Morgan fingerprint density at radius 3 is 2.73 bits per heavy atom. The third-order valence-electron chi connectivity index (χ3n) is 4.43. The van der Waals surface area contributed by atoms with Crippen LogP contribution in [0.15, 0.2) is 46.0 Å². The van der Waals surface area contributed by atoms with Crippen LogP contribution in [0.4, 0.5) is 5.69 Å². The Labute approximate surface area is 149 Å². The molecule has 0 aliphatic carbocycles. The van der Waals surface area contributed by atoms with Crippen molar-refractivity contribution in [1.82, 2.24) is 29.9 Å². The molecule has 0 spiro atoms. The number of hydrogen-bond acceptors (Lipinski definition) is 8. The van der Waals surface area contributed by atoms with Crippen LogP contribution in [0, 0.1) is 0 Å². The Bertz CT molecular complexity index is 930. The van der Waals surface area contributed by atoms with Crippen molar-refractivity contribution in [3.8, 4) is 11.5 Å². The molecule has 134 valence electrons. The lowest BCUT2D eigenvalue weighted by Gasteiger charge is -2.35. The van der Waals surface area contributed by atoms with Gasteiger partial charge in [-0.05, 0) is 12.1 Å². The van der Waals surface area contributed by atoms with E-state index in [0.717, 1.165) is 37.4 Å². The first-order chi connectivity index (χ1) is 12.7. The summed E-state index contributed by atoms with van der Waals surface area (Å²) < 4.78 is 7.07. The first-order valence-electron chi connectivity index (χ1n) is 8.42. The summed E-state index contributed by atoms with van der Waals surface area (Å²) in [4.78, 5) is 20.2. The molecule has 1 saturated heterocycles. The topological polar surface area (TPSA) is 93.2 Å². The van der Waals surface area contributed by atoms with Crippen LogP contribution >= 0.6 is 0 Å². The fourth-order valence-electron chi connectivity index (χ4n) is 2.91. The molecular formula is C17H19N7O2. The Kier molecular flexibility index (Phi) is 4.44. The number of pyridine rings is 1. The molecule has 9 nitrogen and oxygen atoms in total. The van der Waals surface area contributed by atoms with Gasteiger partial charge < -0.3 is 9.32 Å². The Hall–Kier alpha value is -3.07. The highest BCUT2D eigenvalue weighted by atomic mass is 16.4. The smallest absolute Gasteiger partial charge is 0.268 e. The molecule has 0 N–H and O–H groups in total. The van der Waals surface area contributed by atoms with E-state index in [-0.39, 0.29) is 5.56 Å². The van der Waals surface area contributed by atoms with E-state index in [4.69, 9.17) is 4.42 Å². The van der Waals surface area contributed by atoms with Crippen LogP contribution in [-0.4, -0.2) is 56.0 Å². The maximum absolute atomic E-state index is 11.7. The molecular weight excluding hydrogens is 334 g/mol.